The third kappa shape index (κ3) is 6.10. The molecular formula is C25H30FN3O4. The Morgan fingerprint density at radius 3 is 2.30 bits per heavy atom. The van der Waals surface area contributed by atoms with Crippen molar-refractivity contribution in [2.24, 2.45) is 16.6 Å². The van der Waals surface area contributed by atoms with Crippen LogP contribution in [0.1, 0.15) is 18.4 Å². The molecule has 1 saturated heterocycles. The molecule has 3 N–H and O–H groups in total. The lowest BCUT2D eigenvalue weighted by molar-refractivity contribution is -0.118. The lowest BCUT2D eigenvalue weighted by atomic mass is 9.86. The van der Waals surface area contributed by atoms with E-state index in [4.69, 9.17) is 19.9 Å². The average molecular weight is 456 g/mol. The maximum Gasteiger partial charge on any atom is 0.201 e. The highest BCUT2D eigenvalue weighted by atomic mass is 19.1. The van der Waals surface area contributed by atoms with Gasteiger partial charge in [-0.15, -0.1) is 0 Å². The molecule has 1 heterocycles. The van der Waals surface area contributed by atoms with E-state index >= 15 is 0 Å². The van der Waals surface area contributed by atoms with Crippen molar-refractivity contribution in [3.8, 4) is 11.5 Å². The van der Waals surface area contributed by atoms with E-state index in [2.05, 4.69) is 10.3 Å². The third-order valence-electron chi connectivity index (χ3n) is 5.66. The standard InChI is InChI=1S/C25H30FN3O4/c1-28-15-22(16-4-6-18(26)7-5-16)23(27)25(30)24(17-8-10-33-11-9-17)29-19-12-20(31-2)14-21(13-19)32-3/h4-7,12-15,17,24,29H,8-11,27H2,1-3H3. The lowest BCUT2D eigenvalue weighted by Crippen LogP contribution is -2.42. The molecule has 0 saturated carbocycles. The van der Waals surface area contributed by atoms with Crippen LogP contribution in [0.2, 0.25) is 0 Å². The molecule has 0 aromatic heterocycles. The van der Waals surface area contributed by atoms with Crippen LogP contribution in [0.4, 0.5) is 10.1 Å². The first kappa shape index (κ1) is 24.3. The second-order valence-corrected chi connectivity index (χ2v) is 7.76. The molecule has 1 atom stereocenters. The van der Waals surface area contributed by atoms with Crippen LogP contribution in [0.5, 0.6) is 11.5 Å². The Kier molecular flexibility index (Phi) is 8.43. The van der Waals surface area contributed by atoms with Gasteiger partial charge in [-0.25, -0.2) is 4.39 Å². The van der Waals surface area contributed by atoms with Gasteiger partial charge in [-0.1, -0.05) is 12.1 Å². The number of Topliss-reactive ketones (excluding diaryl/α,β-unsaturated/α-hetero) is 1. The number of benzene rings is 2. The van der Waals surface area contributed by atoms with Gasteiger partial charge >= 0.3 is 0 Å². The molecule has 0 spiro atoms. The number of hydrogen-bond acceptors (Lipinski definition) is 7. The predicted octanol–water partition coefficient (Wildman–Crippen LogP) is 3.69. The zero-order valence-corrected chi connectivity index (χ0v) is 19.1. The average Bonchev–Trinajstić information content (AvgIpc) is 2.86. The summed E-state index contributed by atoms with van der Waals surface area (Å²) in [4.78, 5) is 17.8. The largest absolute Gasteiger partial charge is 0.497 e. The molecule has 176 valence electrons. The number of nitrogens with two attached hydrogens (primary N) is 1. The van der Waals surface area contributed by atoms with Gasteiger partial charge < -0.3 is 25.3 Å². The van der Waals surface area contributed by atoms with Gasteiger partial charge in [0, 0.05) is 55.9 Å². The summed E-state index contributed by atoms with van der Waals surface area (Å²) in [6.07, 6.45) is 2.95. The summed E-state index contributed by atoms with van der Waals surface area (Å²) in [6.45, 7) is 1.14. The molecule has 2 aromatic carbocycles. The topological polar surface area (TPSA) is 95.2 Å². The van der Waals surface area contributed by atoms with E-state index < -0.39 is 6.04 Å². The molecule has 3 rings (SSSR count). The van der Waals surface area contributed by atoms with Crippen molar-refractivity contribution in [2.75, 3.05) is 39.8 Å². The number of carbonyl (C=O) groups is 1. The molecule has 2 aromatic rings. The minimum Gasteiger partial charge on any atom is -0.497 e. The van der Waals surface area contributed by atoms with E-state index in [1.54, 1.807) is 51.6 Å². The smallest absolute Gasteiger partial charge is 0.201 e. The molecule has 1 unspecified atom stereocenters. The third-order valence-corrected chi connectivity index (χ3v) is 5.66. The summed E-state index contributed by atoms with van der Waals surface area (Å²) in [5.74, 6) is 0.579. The number of hydrogen-bond donors (Lipinski definition) is 2. The van der Waals surface area contributed by atoms with E-state index in [-0.39, 0.29) is 23.2 Å². The highest BCUT2D eigenvalue weighted by Gasteiger charge is 2.32. The first-order valence-corrected chi connectivity index (χ1v) is 10.8. The summed E-state index contributed by atoms with van der Waals surface area (Å²) in [5, 5.41) is 3.35. The van der Waals surface area contributed by atoms with Gasteiger partial charge in [0.15, 0.2) is 0 Å². The molecule has 0 bridgehead atoms. The molecule has 1 fully saturated rings. The van der Waals surface area contributed by atoms with E-state index in [1.807, 2.05) is 0 Å². The highest BCUT2D eigenvalue weighted by molar-refractivity contribution is 6.20. The summed E-state index contributed by atoms with van der Waals surface area (Å²) >= 11 is 0. The second kappa shape index (κ2) is 11.5. The number of ether oxygens (including phenoxy) is 3. The molecule has 0 amide bonds. The maximum absolute atomic E-state index is 13.7. The number of anilines is 1. The molecular weight excluding hydrogens is 425 g/mol. The van der Waals surface area contributed by atoms with Crippen molar-refractivity contribution in [2.45, 2.75) is 18.9 Å². The number of carbonyl (C=O) groups excluding carboxylic acids is 1. The Morgan fingerprint density at radius 1 is 1.15 bits per heavy atom. The first-order valence-electron chi connectivity index (χ1n) is 10.8. The normalized spacial score (nSPS) is 16.2. The Morgan fingerprint density at radius 2 is 1.76 bits per heavy atom. The number of ketones is 1. The Hall–Kier alpha value is -3.39. The van der Waals surface area contributed by atoms with Crippen LogP contribution in [0.3, 0.4) is 0 Å². The van der Waals surface area contributed by atoms with Crippen LogP contribution < -0.4 is 20.5 Å². The summed E-state index contributed by atoms with van der Waals surface area (Å²) in [5.41, 5.74) is 8.22. The summed E-state index contributed by atoms with van der Waals surface area (Å²) in [6, 6.07) is 10.6. The van der Waals surface area contributed by atoms with Crippen molar-refractivity contribution in [1.29, 1.82) is 0 Å². The van der Waals surface area contributed by atoms with E-state index in [9.17, 15) is 9.18 Å². The van der Waals surface area contributed by atoms with Crippen LogP contribution in [0, 0.1) is 11.7 Å². The zero-order chi connectivity index (χ0) is 23.8. The number of methoxy groups -OCH3 is 2. The van der Waals surface area contributed by atoms with E-state index in [0.29, 0.717) is 54.4 Å². The van der Waals surface area contributed by atoms with Gasteiger partial charge in [0.05, 0.1) is 26.0 Å². The van der Waals surface area contributed by atoms with Gasteiger partial charge in [-0.2, -0.15) is 0 Å². The summed E-state index contributed by atoms with van der Waals surface area (Å²) in [7, 11) is 4.73. The molecule has 0 radical (unpaired) electrons. The van der Waals surface area contributed by atoms with Gasteiger partial charge in [0.1, 0.15) is 17.3 Å². The Bertz CT molecular complexity index is 993. The van der Waals surface area contributed by atoms with Crippen molar-refractivity contribution in [3.63, 3.8) is 0 Å². The minimum absolute atomic E-state index is 0.00929. The fraction of sp³-hybridized carbons (Fsp3) is 0.360. The van der Waals surface area contributed by atoms with Gasteiger partial charge in [0.25, 0.3) is 0 Å². The van der Waals surface area contributed by atoms with Crippen LogP contribution in [-0.4, -0.2) is 52.5 Å². The van der Waals surface area contributed by atoms with Crippen LogP contribution >= 0.6 is 0 Å². The molecule has 33 heavy (non-hydrogen) atoms. The quantitative estimate of drug-likeness (QED) is 0.442. The van der Waals surface area contributed by atoms with Crippen molar-refractivity contribution >= 4 is 23.3 Å². The minimum atomic E-state index is -0.605. The number of aliphatic imine (C=N–C) groups is 1. The maximum atomic E-state index is 13.7. The number of halogens is 1. The van der Waals surface area contributed by atoms with Crippen molar-refractivity contribution in [3.05, 3.63) is 59.5 Å². The predicted molar refractivity (Wildman–Crippen MR) is 127 cm³/mol. The highest BCUT2D eigenvalue weighted by Crippen LogP contribution is 2.30. The molecule has 8 heteroatoms. The van der Waals surface area contributed by atoms with Crippen LogP contribution in [0.15, 0.2) is 53.2 Å². The fourth-order valence-electron chi connectivity index (χ4n) is 3.88. The van der Waals surface area contributed by atoms with E-state index in [1.165, 1.54) is 18.3 Å². The first-order chi connectivity index (χ1) is 16.0. The summed E-state index contributed by atoms with van der Waals surface area (Å²) < 4.78 is 29.7. The fourth-order valence-corrected chi connectivity index (χ4v) is 3.88. The number of nitrogens with one attached hydrogen (secondary N) is 1. The number of nitrogens with zero attached hydrogens (tertiary/aromatic N) is 1. The molecule has 7 nitrogen and oxygen atoms in total. The van der Waals surface area contributed by atoms with Gasteiger partial charge in [-0.3, -0.25) is 9.79 Å². The van der Waals surface area contributed by atoms with Crippen LogP contribution in [0.25, 0.3) is 5.57 Å². The Labute approximate surface area is 193 Å². The second-order valence-electron chi connectivity index (χ2n) is 7.76. The van der Waals surface area contributed by atoms with Crippen molar-refractivity contribution in [1.82, 2.24) is 0 Å². The molecule has 1 aliphatic rings. The molecule has 0 aliphatic carbocycles. The van der Waals surface area contributed by atoms with Gasteiger partial charge in [0.2, 0.25) is 5.78 Å². The Balaban J connectivity index is 2.01. The monoisotopic (exact) mass is 455 g/mol. The number of rotatable bonds is 9. The lowest BCUT2D eigenvalue weighted by Gasteiger charge is -2.31. The SMILES string of the molecule is CN=CC(=C(N)C(=O)C(Nc1cc(OC)cc(OC)c1)C1CCOCC1)c1ccc(F)cc1. The van der Waals surface area contributed by atoms with Crippen LogP contribution in [-0.2, 0) is 9.53 Å². The number of allylic oxidation sites excluding steroid dienone is 1. The zero-order valence-electron chi connectivity index (χ0n) is 19.1. The van der Waals surface area contributed by atoms with E-state index in [0.717, 1.165) is 0 Å². The molecule has 1 aliphatic heterocycles. The van der Waals surface area contributed by atoms with Gasteiger partial charge in [-0.05, 0) is 36.5 Å². The van der Waals surface area contributed by atoms with Crippen molar-refractivity contribution < 1.29 is 23.4 Å².